The predicted octanol–water partition coefficient (Wildman–Crippen LogP) is 0.910. The lowest BCUT2D eigenvalue weighted by molar-refractivity contribution is 0.0690. The Bertz CT molecular complexity index is 456. The second-order valence-electron chi connectivity index (χ2n) is 4.22. The first-order valence-electron chi connectivity index (χ1n) is 5.92. The highest BCUT2D eigenvalue weighted by Crippen LogP contribution is 2.07. The van der Waals surface area contributed by atoms with Crippen LogP contribution in [0.1, 0.15) is 40.1 Å². The van der Waals surface area contributed by atoms with Gasteiger partial charge in [0.15, 0.2) is 0 Å². The number of carbonyl (C=O) groups is 2. The fourth-order valence-electron chi connectivity index (χ4n) is 1.90. The van der Waals surface area contributed by atoms with Gasteiger partial charge < -0.3 is 5.11 Å². The monoisotopic (exact) mass is 249 g/mol. The molecule has 0 unspecified atom stereocenters. The molecule has 1 aromatic rings. The van der Waals surface area contributed by atoms with E-state index < -0.39 is 5.97 Å². The lowest BCUT2D eigenvalue weighted by atomic mass is 10.1. The van der Waals surface area contributed by atoms with Gasteiger partial charge in [-0.25, -0.2) is 14.8 Å². The fraction of sp³-hybridized carbons (Fsp3) is 0.417. The Hall–Kier alpha value is -1.95. The van der Waals surface area contributed by atoms with E-state index in [0.29, 0.717) is 5.56 Å². The van der Waals surface area contributed by atoms with Gasteiger partial charge in [-0.15, -0.1) is 0 Å². The van der Waals surface area contributed by atoms with Crippen LogP contribution in [0.15, 0.2) is 18.3 Å². The number of nitrogens with zero attached hydrogens (tertiary/aromatic N) is 2. The molecule has 1 saturated heterocycles. The van der Waals surface area contributed by atoms with Gasteiger partial charge in [-0.05, 0) is 25.0 Å². The molecule has 1 amide bonds. The second kappa shape index (κ2) is 5.59. The molecule has 2 N–H and O–H groups in total. The maximum absolute atomic E-state index is 11.9. The topological polar surface area (TPSA) is 82.5 Å². The van der Waals surface area contributed by atoms with Crippen LogP contribution >= 0.6 is 0 Å². The van der Waals surface area contributed by atoms with Crippen LogP contribution in [-0.4, -0.2) is 40.1 Å². The predicted molar refractivity (Wildman–Crippen MR) is 64.1 cm³/mol. The van der Waals surface area contributed by atoms with Crippen LogP contribution in [0.5, 0.6) is 0 Å². The Labute approximate surface area is 105 Å². The van der Waals surface area contributed by atoms with E-state index in [2.05, 4.69) is 10.4 Å². The van der Waals surface area contributed by atoms with Crippen molar-refractivity contribution in [3.05, 3.63) is 29.6 Å². The number of pyridine rings is 1. The van der Waals surface area contributed by atoms with Gasteiger partial charge in [-0.2, -0.15) is 0 Å². The van der Waals surface area contributed by atoms with E-state index >= 15 is 0 Å². The van der Waals surface area contributed by atoms with Gasteiger partial charge in [0.25, 0.3) is 5.91 Å². The smallest absolute Gasteiger partial charge is 0.354 e. The van der Waals surface area contributed by atoms with E-state index in [0.717, 1.165) is 25.9 Å². The van der Waals surface area contributed by atoms with Crippen LogP contribution in [0.3, 0.4) is 0 Å². The summed E-state index contributed by atoms with van der Waals surface area (Å²) in [6.45, 7) is 1.67. The van der Waals surface area contributed by atoms with Crippen LogP contribution in [-0.2, 0) is 0 Å². The number of aromatic nitrogens is 1. The molecule has 0 aliphatic carbocycles. The summed E-state index contributed by atoms with van der Waals surface area (Å²) in [6.07, 6.45) is 4.65. The Morgan fingerprint density at radius 1 is 1.28 bits per heavy atom. The summed E-state index contributed by atoms with van der Waals surface area (Å²) in [6, 6.07) is 2.79. The highest BCUT2D eigenvalue weighted by molar-refractivity contribution is 5.96. The van der Waals surface area contributed by atoms with Gasteiger partial charge in [-0.3, -0.25) is 10.2 Å². The molecule has 18 heavy (non-hydrogen) atoms. The fourth-order valence-corrected chi connectivity index (χ4v) is 1.90. The number of rotatable bonds is 3. The van der Waals surface area contributed by atoms with Crippen molar-refractivity contribution in [3.8, 4) is 0 Å². The first-order valence-corrected chi connectivity index (χ1v) is 5.92. The van der Waals surface area contributed by atoms with E-state index in [1.165, 1.54) is 24.8 Å². The van der Waals surface area contributed by atoms with Gasteiger partial charge in [0.2, 0.25) is 0 Å². The van der Waals surface area contributed by atoms with Crippen LogP contribution in [0.4, 0.5) is 0 Å². The lowest BCUT2D eigenvalue weighted by Gasteiger charge is -2.26. The number of hydrogen-bond donors (Lipinski definition) is 2. The maximum Gasteiger partial charge on any atom is 0.354 e. The summed E-state index contributed by atoms with van der Waals surface area (Å²) in [7, 11) is 0. The molecule has 0 spiro atoms. The highest BCUT2D eigenvalue weighted by Gasteiger charge is 2.15. The Morgan fingerprint density at radius 2 is 2.00 bits per heavy atom. The number of nitrogens with one attached hydrogen (secondary N) is 1. The number of carboxylic acids is 1. The molecule has 2 rings (SSSR count). The minimum absolute atomic E-state index is 0.124. The molecule has 6 nitrogen and oxygen atoms in total. The highest BCUT2D eigenvalue weighted by atomic mass is 16.4. The number of amides is 1. The van der Waals surface area contributed by atoms with Crippen LogP contribution < -0.4 is 5.43 Å². The minimum Gasteiger partial charge on any atom is -0.477 e. The molecule has 96 valence electrons. The van der Waals surface area contributed by atoms with E-state index in [1.54, 1.807) is 0 Å². The largest absolute Gasteiger partial charge is 0.477 e. The third-order valence-electron chi connectivity index (χ3n) is 2.86. The van der Waals surface area contributed by atoms with Crippen molar-refractivity contribution in [1.82, 2.24) is 15.4 Å². The zero-order valence-corrected chi connectivity index (χ0v) is 9.93. The van der Waals surface area contributed by atoms with Gasteiger partial charge in [0.1, 0.15) is 5.69 Å². The molecule has 0 radical (unpaired) electrons. The third kappa shape index (κ3) is 3.04. The maximum atomic E-state index is 11.9. The summed E-state index contributed by atoms with van der Waals surface area (Å²) < 4.78 is 0. The zero-order chi connectivity index (χ0) is 13.0. The Balaban J connectivity index is 2.03. The summed E-state index contributed by atoms with van der Waals surface area (Å²) in [5, 5.41) is 10.7. The van der Waals surface area contributed by atoms with E-state index in [9.17, 15) is 9.59 Å². The minimum atomic E-state index is -1.14. The van der Waals surface area contributed by atoms with Crippen molar-refractivity contribution >= 4 is 11.9 Å². The van der Waals surface area contributed by atoms with Crippen LogP contribution in [0.25, 0.3) is 0 Å². The third-order valence-corrected chi connectivity index (χ3v) is 2.86. The Kier molecular flexibility index (Phi) is 3.88. The molecule has 2 heterocycles. The standard InChI is InChI=1S/C12H15N3O3/c16-11(14-15-6-2-1-3-7-15)9-4-5-13-10(8-9)12(17)18/h4-5,8H,1-3,6-7H2,(H,14,16)(H,17,18). The SMILES string of the molecule is O=C(NN1CCCCC1)c1ccnc(C(=O)O)c1. The second-order valence-corrected chi connectivity index (χ2v) is 4.22. The molecule has 1 aliphatic heterocycles. The summed E-state index contributed by atoms with van der Waals surface area (Å²) >= 11 is 0. The number of hydrazine groups is 1. The molecule has 6 heteroatoms. The summed E-state index contributed by atoms with van der Waals surface area (Å²) in [5.41, 5.74) is 2.96. The first kappa shape index (κ1) is 12.5. The number of carboxylic acid groups (broad SMARTS) is 1. The lowest BCUT2D eigenvalue weighted by Crippen LogP contribution is -2.45. The molecule has 1 fully saturated rings. The van der Waals surface area contributed by atoms with Crippen molar-refractivity contribution in [2.45, 2.75) is 19.3 Å². The Morgan fingerprint density at radius 3 is 2.67 bits per heavy atom. The van der Waals surface area contributed by atoms with Crippen molar-refractivity contribution in [3.63, 3.8) is 0 Å². The summed E-state index contributed by atoms with van der Waals surface area (Å²) in [5.74, 6) is -1.43. The van der Waals surface area contributed by atoms with Crippen molar-refractivity contribution < 1.29 is 14.7 Å². The van der Waals surface area contributed by atoms with Crippen molar-refractivity contribution in [2.24, 2.45) is 0 Å². The number of hydrogen-bond acceptors (Lipinski definition) is 4. The van der Waals surface area contributed by atoms with E-state index in [1.807, 2.05) is 5.01 Å². The van der Waals surface area contributed by atoms with E-state index in [-0.39, 0.29) is 11.6 Å². The van der Waals surface area contributed by atoms with Crippen molar-refractivity contribution in [1.29, 1.82) is 0 Å². The molecule has 1 aliphatic rings. The van der Waals surface area contributed by atoms with Gasteiger partial charge >= 0.3 is 5.97 Å². The summed E-state index contributed by atoms with van der Waals surface area (Å²) in [4.78, 5) is 26.4. The molecule has 1 aromatic heterocycles. The van der Waals surface area contributed by atoms with Crippen LogP contribution in [0, 0.1) is 0 Å². The molecule has 0 saturated carbocycles. The van der Waals surface area contributed by atoms with Crippen molar-refractivity contribution in [2.75, 3.05) is 13.1 Å². The van der Waals surface area contributed by atoms with Gasteiger partial charge in [0, 0.05) is 24.8 Å². The first-order chi connectivity index (χ1) is 8.66. The average molecular weight is 249 g/mol. The molecule has 0 atom stereocenters. The average Bonchev–Trinajstić information content (AvgIpc) is 2.40. The number of piperidine rings is 1. The van der Waals surface area contributed by atoms with Crippen LogP contribution in [0.2, 0.25) is 0 Å². The van der Waals surface area contributed by atoms with Gasteiger partial charge in [0.05, 0.1) is 0 Å². The molecular weight excluding hydrogens is 234 g/mol. The number of carbonyl (C=O) groups excluding carboxylic acids is 1. The quantitative estimate of drug-likeness (QED) is 0.832. The molecule has 0 aromatic carbocycles. The normalized spacial score (nSPS) is 16.2. The number of aromatic carboxylic acids is 1. The molecular formula is C12H15N3O3. The zero-order valence-electron chi connectivity index (χ0n) is 9.93. The van der Waals surface area contributed by atoms with Gasteiger partial charge in [-0.1, -0.05) is 6.42 Å². The molecule has 0 bridgehead atoms. The van der Waals surface area contributed by atoms with E-state index in [4.69, 9.17) is 5.11 Å².